The smallest absolute Gasteiger partial charge is 0.267 e. The van der Waals surface area contributed by atoms with Crippen molar-refractivity contribution in [3.05, 3.63) is 186 Å². The van der Waals surface area contributed by atoms with Crippen molar-refractivity contribution in [1.29, 1.82) is 0 Å². The molecule has 0 atom stereocenters. The second-order valence-electron chi connectivity index (χ2n) is 14.2. The molecule has 268 valence electrons. The lowest BCUT2D eigenvalue weighted by molar-refractivity contribution is 0.953. The summed E-state index contributed by atoms with van der Waals surface area (Å²) in [7, 11) is 0. The van der Waals surface area contributed by atoms with Crippen molar-refractivity contribution in [1.82, 2.24) is 33.9 Å². The molecule has 0 unspecified atom stereocenters. The fourth-order valence-electron chi connectivity index (χ4n) is 7.83. The summed E-state index contributed by atoms with van der Waals surface area (Å²) < 4.78 is 3.78. The minimum atomic E-state index is -0.165. The fourth-order valence-corrected chi connectivity index (χ4v) is 7.83. The van der Waals surface area contributed by atoms with Crippen LogP contribution in [0.5, 0.6) is 0 Å². The van der Waals surface area contributed by atoms with E-state index in [0.29, 0.717) is 40.0 Å². The highest BCUT2D eigenvalue weighted by atomic mass is 16.1. The Hall–Kier alpha value is -7.84. The third-order valence-corrected chi connectivity index (χ3v) is 10.7. The summed E-state index contributed by atoms with van der Waals surface area (Å²) in [5.41, 5.74) is 9.44. The van der Waals surface area contributed by atoms with E-state index in [1.807, 2.05) is 146 Å². The molecule has 8 nitrogen and oxygen atoms in total. The second-order valence-corrected chi connectivity index (χ2v) is 14.2. The molecule has 0 saturated carbocycles. The molecule has 0 saturated heterocycles. The van der Waals surface area contributed by atoms with Gasteiger partial charge in [-0.1, -0.05) is 133 Å². The molecule has 0 bridgehead atoms. The van der Waals surface area contributed by atoms with Crippen molar-refractivity contribution in [2.75, 3.05) is 0 Å². The van der Waals surface area contributed by atoms with Crippen LogP contribution in [-0.4, -0.2) is 33.9 Å². The number of aryl methyl sites for hydroxylation is 1. The summed E-state index contributed by atoms with van der Waals surface area (Å²) in [6, 6.07) is 56.6. The van der Waals surface area contributed by atoms with Crippen molar-refractivity contribution in [3.8, 4) is 51.2 Å². The maximum Gasteiger partial charge on any atom is 0.267 e. The molecule has 7 aromatic carbocycles. The molecule has 0 aliphatic heterocycles. The normalized spacial score (nSPS) is 11.7. The molecule has 4 aromatic heterocycles. The van der Waals surface area contributed by atoms with E-state index < -0.39 is 0 Å². The quantitative estimate of drug-likeness (QED) is 0.129. The zero-order valence-corrected chi connectivity index (χ0v) is 30.7. The Balaban J connectivity index is 1.10. The Labute approximate surface area is 326 Å². The van der Waals surface area contributed by atoms with Gasteiger partial charge in [-0.2, -0.15) is 9.97 Å². The first-order valence-electron chi connectivity index (χ1n) is 18.8. The lowest BCUT2D eigenvalue weighted by Gasteiger charge is -2.13. The van der Waals surface area contributed by atoms with Gasteiger partial charge in [0.2, 0.25) is 5.95 Å². The van der Waals surface area contributed by atoms with Gasteiger partial charge in [0.1, 0.15) is 5.82 Å². The van der Waals surface area contributed by atoms with Crippen LogP contribution in [0.3, 0.4) is 0 Å². The fraction of sp³-hybridized carbons (Fsp3) is 0.0204. The Morgan fingerprint density at radius 3 is 1.70 bits per heavy atom. The summed E-state index contributed by atoms with van der Waals surface area (Å²) in [5.74, 6) is 2.29. The van der Waals surface area contributed by atoms with Crippen LogP contribution >= 0.6 is 0 Å². The van der Waals surface area contributed by atoms with E-state index in [2.05, 4.69) is 34.9 Å². The summed E-state index contributed by atoms with van der Waals surface area (Å²) in [6.45, 7) is 2.05. The van der Waals surface area contributed by atoms with Gasteiger partial charge in [-0.3, -0.25) is 9.36 Å². The summed E-state index contributed by atoms with van der Waals surface area (Å²) >= 11 is 0. The molecule has 4 heterocycles. The van der Waals surface area contributed by atoms with Gasteiger partial charge in [0.15, 0.2) is 17.3 Å². The molecular formula is C49H31N7O. The number of nitrogens with zero attached hydrogens (tertiary/aromatic N) is 7. The van der Waals surface area contributed by atoms with Crippen LogP contribution in [-0.2, 0) is 0 Å². The van der Waals surface area contributed by atoms with Crippen molar-refractivity contribution in [2.45, 2.75) is 6.92 Å². The van der Waals surface area contributed by atoms with Crippen LogP contribution in [0.1, 0.15) is 5.56 Å². The number of benzene rings is 7. The SMILES string of the molecule is Cc1ccc(-c2nc3ccccc3c3nc4ccc(-c5ccc6c(c5)c5ccccc5n6-c5nc(-c6ccccc6)nc(-c6ccccc6)n5)cc4c(=O)n23)cc1. The predicted octanol–water partition coefficient (Wildman–Crippen LogP) is 10.7. The maximum atomic E-state index is 14.6. The minimum absolute atomic E-state index is 0.165. The van der Waals surface area contributed by atoms with Gasteiger partial charge < -0.3 is 0 Å². The highest BCUT2D eigenvalue weighted by molar-refractivity contribution is 6.10. The molecule has 0 amide bonds. The molecule has 0 radical (unpaired) electrons. The van der Waals surface area contributed by atoms with Crippen LogP contribution in [0, 0.1) is 6.92 Å². The lowest BCUT2D eigenvalue weighted by Crippen LogP contribution is -2.19. The van der Waals surface area contributed by atoms with Gasteiger partial charge in [0.25, 0.3) is 5.56 Å². The standard InChI is InChI=1S/C49H31N7O/c1-30-20-22-33(23-21-30)46-50-40-18-10-8-17-37(40)47-51-41-26-24-34(29-39(41)48(57)56(46)47)35-25-27-43-38(28-35)36-16-9-11-19-42(36)55(43)49-53-44(31-12-4-2-5-13-31)52-45(54-49)32-14-6-3-7-15-32/h2-29H,1H3. The molecule has 0 aliphatic carbocycles. The number of para-hydroxylation sites is 2. The van der Waals surface area contributed by atoms with E-state index >= 15 is 0 Å². The molecule has 11 aromatic rings. The molecule has 8 heteroatoms. The number of rotatable bonds is 5. The van der Waals surface area contributed by atoms with Gasteiger partial charge in [0.05, 0.1) is 27.5 Å². The second kappa shape index (κ2) is 12.9. The molecule has 11 rings (SSSR count). The van der Waals surface area contributed by atoms with Gasteiger partial charge in [-0.05, 0) is 60.5 Å². The molecular weight excluding hydrogens is 703 g/mol. The minimum Gasteiger partial charge on any atom is -0.278 e. The molecule has 0 fully saturated rings. The van der Waals surface area contributed by atoms with Crippen LogP contribution in [0.15, 0.2) is 175 Å². The van der Waals surface area contributed by atoms with Crippen molar-refractivity contribution in [2.24, 2.45) is 0 Å². The maximum absolute atomic E-state index is 14.6. The van der Waals surface area contributed by atoms with E-state index in [-0.39, 0.29) is 5.56 Å². The van der Waals surface area contributed by atoms with Crippen LogP contribution in [0.2, 0.25) is 0 Å². The molecule has 0 N–H and O–H groups in total. The average Bonchev–Trinajstić information content (AvgIpc) is 3.60. The van der Waals surface area contributed by atoms with Gasteiger partial charge in [-0.25, -0.2) is 19.4 Å². The van der Waals surface area contributed by atoms with Crippen LogP contribution in [0.4, 0.5) is 0 Å². The Kier molecular flexibility index (Phi) is 7.37. The van der Waals surface area contributed by atoms with Gasteiger partial charge in [-0.15, -0.1) is 0 Å². The number of hydrogen-bond donors (Lipinski definition) is 0. The van der Waals surface area contributed by atoms with E-state index in [0.717, 1.165) is 66.1 Å². The largest absolute Gasteiger partial charge is 0.278 e. The average molecular weight is 734 g/mol. The highest BCUT2D eigenvalue weighted by Crippen LogP contribution is 2.36. The summed E-state index contributed by atoms with van der Waals surface area (Å²) in [5, 5.41) is 3.44. The van der Waals surface area contributed by atoms with Crippen molar-refractivity contribution in [3.63, 3.8) is 0 Å². The number of hydrogen-bond acceptors (Lipinski definition) is 6. The molecule has 57 heavy (non-hydrogen) atoms. The zero-order chi connectivity index (χ0) is 38.0. The Bertz CT molecular complexity index is 3370. The summed E-state index contributed by atoms with van der Waals surface area (Å²) in [4.78, 5) is 39.8. The summed E-state index contributed by atoms with van der Waals surface area (Å²) in [6.07, 6.45) is 0. The van der Waals surface area contributed by atoms with E-state index in [1.54, 1.807) is 4.40 Å². The van der Waals surface area contributed by atoms with Crippen LogP contribution in [0.25, 0.3) is 100 Å². The first-order chi connectivity index (χ1) is 28.1. The Morgan fingerprint density at radius 1 is 0.421 bits per heavy atom. The number of aromatic nitrogens is 7. The van der Waals surface area contributed by atoms with Crippen LogP contribution < -0.4 is 5.56 Å². The first kappa shape index (κ1) is 32.6. The molecule has 0 spiro atoms. The molecule has 0 aliphatic rings. The van der Waals surface area contributed by atoms with E-state index in [9.17, 15) is 4.79 Å². The zero-order valence-electron chi connectivity index (χ0n) is 30.7. The number of fused-ring (bicyclic) bond motifs is 7. The monoisotopic (exact) mass is 733 g/mol. The highest BCUT2D eigenvalue weighted by Gasteiger charge is 2.20. The lowest BCUT2D eigenvalue weighted by atomic mass is 10.0. The van der Waals surface area contributed by atoms with Gasteiger partial charge in [0, 0.05) is 32.8 Å². The third kappa shape index (κ3) is 5.38. The topological polar surface area (TPSA) is 90.9 Å². The van der Waals surface area contributed by atoms with Crippen molar-refractivity contribution < 1.29 is 0 Å². The van der Waals surface area contributed by atoms with E-state index in [1.165, 1.54) is 0 Å². The first-order valence-corrected chi connectivity index (χ1v) is 18.8. The van der Waals surface area contributed by atoms with Gasteiger partial charge >= 0.3 is 0 Å². The Morgan fingerprint density at radius 2 is 0.982 bits per heavy atom. The van der Waals surface area contributed by atoms with Crippen molar-refractivity contribution >= 4 is 49.3 Å². The van der Waals surface area contributed by atoms with E-state index in [4.69, 9.17) is 24.9 Å². The predicted molar refractivity (Wildman–Crippen MR) is 228 cm³/mol. The third-order valence-electron chi connectivity index (χ3n) is 10.7.